The summed E-state index contributed by atoms with van der Waals surface area (Å²) in [5.41, 5.74) is 1.39. The molecule has 0 aliphatic rings. The van der Waals surface area contributed by atoms with Crippen LogP contribution in [-0.4, -0.2) is 14.8 Å². The number of hydrogen-bond donors (Lipinski definition) is 0. The molecule has 0 amide bonds. The zero-order chi connectivity index (χ0) is 13.9. The summed E-state index contributed by atoms with van der Waals surface area (Å²) in [5.74, 6) is 2.45. The molecule has 0 aliphatic heterocycles. The summed E-state index contributed by atoms with van der Waals surface area (Å²) in [4.78, 5) is 16.4. The molecule has 0 saturated carbocycles. The molecule has 20 heavy (non-hydrogen) atoms. The minimum Gasteiger partial charge on any atom is -0.267 e. The first kappa shape index (κ1) is 12.1. The molecule has 2 aromatic heterocycles. The predicted octanol–water partition coefficient (Wildman–Crippen LogP) is 2.09. The molecule has 1 aromatic carbocycles. The van der Waals surface area contributed by atoms with E-state index in [0.717, 1.165) is 10.9 Å². The summed E-state index contributed by atoms with van der Waals surface area (Å²) in [7, 11) is 0. The summed E-state index contributed by atoms with van der Waals surface area (Å²) in [6, 6.07) is 11.1. The Labute approximate surface area is 115 Å². The smallest absolute Gasteiger partial charge is 0.267 e. The van der Waals surface area contributed by atoms with E-state index in [2.05, 4.69) is 16.0 Å². The highest BCUT2D eigenvalue weighted by Gasteiger charge is 2.11. The van der Waals surface area contributed by atoms with Crippen LogP contribution in [0.25, 0.3) is 22.0 Å². The number of fused-ring (bicyclic) bond motifs is 1. The molecule has 0 spiro atoms. The third kappa shape index (κ3) is 1.95. The maximum absolute atomic E-state index is 12.3. The van der Waals surface area contributed by atoms with Crippen molar-refractivity contribution in [3.8, 4) is 23.6 Å². The first-order chi connectivity index (χ1) is 9.81. The van der Waals surface area contributed by atoms with Gasteiger partial charge in [-0.3, -0.25) is 9.78 Å². The zero-order valence-corrected chi connectivity index (χ0v) is 10.7. The van der Waals surface area contributed by atoms with Crippen LogP contribution in [0.5, 0.6) is 0 Å². The van der Waals surface area contributed by atoms with Gasteiger partial charge < -0.3 is 0 Å². The summed E-state index contributed by atoms with van der Waals surface area (Å²) >= 11 is 0. The quantitative estimate of drug-likeness (QED) is 0.664. The minimum atomic E-state index is -0.175. The minimum absolute atomic E-state index is 0.150. The number of aromatic nitrogens is 3. The topological polar surface area (TPSA) is 47.8 Å². The second-order valence-corrected chi connectivity index (χ2v) is 4.30. The van der Waals surface area contributed by atoms with Crippen LogP contribution in [0.1, 0.15) is 0 Å². The fourth-order valence-corrected chi connectivity index (χ4v) is 2.14. The lowest BCUT2D eigenvalue weighted by Gasteiger charge is -2.09. The van der Waals surface area contributed by atoms with Crippen LogP contribution in [0.4, 0.5) is 0 Å². The molecular weight excluding hydrogens is 250 g/mol. The van der Waals surface area contributed by atoms with E-state index in [4.69, 9.17) is 6.42 Å². The van der Waals surface area contributed by atoms with Crippen LogP contribution >= 0.6 is 0 Å². The van der Waals surface area contributed by atoms with Gasteiger partial charge in [0.25, 0.3) is 5.56 Å². The average Bonchev–Trinajstić information content (AvgIpc) is 2.51. The molecule has 0 unspecified atom stereocenters. The van der Waals surface area contributed by atoms with Crippen LogP contribution < -0.4 is 5.56 Å². The third-order valence-electron chi connectivity index (χ3n) is 3.04. The van der Waals surface area contributed by atoms with Gasteiger partial charge in [0.05, 0.1) is 5.39 Å². The highest BCUT2D eigenvalue weighted by Crippen LogP contribution is 2.23. The highest BCUT2D eigenvalue weighted by molar-refractivity contribution is 5.93. The van der Waals surface area contributed by atoms with Crippen LogP contribution in [0.2, 0.25) is 0 Å². The molecule has 0 radical (unpaired) electrons. The molecular formula is C16H11N3O. The van der Waals surface area contributed by atoms with Crippen molar-refractivity contribution in [1.29, 1.82) is 0 Å². The van der Waals surface area contributed by atoms with E-state index in [0.29, 0.717) is 11.1 Å². The van der Waals surface area contributed by atoms with Crippen molar-refractivity contribution in [3.05, 3.63) is 59.1 Å². The molecule has 0 aliphatic carbocycles. The first-order valence-corrected chi connectivity index (χ1v) is 6.15. The van der Waals surface area contributed by atoms with Crippen molar-refractivity contribution in [1.82, 2.24) is 14.8 Å². The van der Waals surface area contributed by atoms with Gasteiger partial charge in [-0.1, -0.05) is 24.1 Å². The summed E-state index contributed by atoms with van der Waals surface area (Å²) < 4.78 is 1.31. The molecule has 0 N–H and O–H groups in total. The molecule has 0 fully saturated rings. The average molecular weight is 261 g/mol. The largest absolute Gasteiger partial charge is 0.275 e. The van der Waals surface area contributed by atoms with Crippen LogP contribution in [0, 0.1) is 12.3 Å². The lowest BCUT2D eigenvalue weighted by Crippen LogP contribution is -2.23. The Morgan fingerprint density at radius 2 is 1.95 bits per heavy atom. The van der Waals surface area contributed by atoms with E-state index in [1.165, 1.54) is 4.68 Å². The number of hydrogen-bond acceptors (Lipinski definition) is 3. The van der Waals surface area contributed by atoms with E-state index < -0.39 is 0 Å². The fraction of sp³-hybridized carbons (Fsp3) is 0.0625. The van der Waals surface area contributed by atoms with Crippen LogP contribution in [0.15, 0.2) is 53.6 Å². The number of benzene rings is 1. The highest BCUT2D eigenvalue weighted by atomic mass is 16.1. The third-order valence-corrected chi connectivity index (χ3v) is 3.04. The lowest BCUT2D eigenvalue weighted by atomic mass is 10.1. The molecule has 96 valence electrons. The van der Waals surface area contributed by atoms with Crippen molar-refractivity contribution in [2.45, 2.75) is 6.54 Å². The molecule has 0 bridgehead atoms. The molecule has 0 atom stereocenters. The van der Waals surface area contributed by atoms with Gasteiger partial charge in [0.2, 0.25) is 0 Å². The maximum atomic E-state index is 12.3. The standard InChI is InChI=1S/C16H11N3O/c1-2-10-19-16(20)14-8-4-3-7-13(14)15(18-19)12-6-5-9-17-11-12/h1,3-9,11H,10H2. The Kier molecular flexibility index (Phi) is 3.02. The monoisotopic (exact) mass is 261 g/mol. The van der Waals surface area contributed by atoms with Crippen molar-refractivity contribution in [2.75, 3.05) is 0 Å². The molecule has 2 heterocycles. The second-order valence-electron chi connectivity index (χ2n) is 4.30. The Hall–Kier alpha value is -2.93. The number of pyridine rings is 1. The van der Waals surface area contributed by atoms with Crippen LogP contribution in [0.3, 0.4) is 0 Å². The lowest BCUT2D eigenvalue weighted by molar-refractivity contribution is 0.676. The predicted molar refractivity (Wildman–Crippen MR) is 78.1 cm³/mol. The summed E-state index contributed by atoms with van der Waals surface area (Å²) in [6.45, 7) is 0.150. The van der Waals surface area contributed by atoms with Gasteiger partial charge in [0.1, 0.15) is 12.2 Å². The Balaban J connectivity index is 2.40. The zero-order valence-electron chi connectivity index (χ0n) is 10.7. The molecule has 4 heteroatoms. The van der Waals surface area contributed by atoms with Gasteiger partial charge in [0, 0.05) is 23.3 Å². The normalized spacial score (nSPS) is 10.3. The maximum Gasteiger partial charge on any atom is 0.275 e. The number of nitrogens with zero attached hydrogens (tertiary/aromatic N) is 3. The Morgan fingerprint density at radius 1 is 1.15 bits per heavy atom. The van der Waals surface area contributed by atoms with Gasteiger partial charge in [-0.15, -0.1) is 6.42 Å². The summed E-state index contributed by atoms with van der Waals surface area (Å²) in [6.07, 6.45) is 8.72. The van der Waals surface area contributed by atoms with Gasteiger partial charge in [-0.05, 0) is 18.2 Å². The van der Waals surface area contributed by atoms with E-state index >= 15 is 0 Å². The Bertz CT molecular complexity index is 860. The van der Waals surface area contributed by atoms with Gasteiger partial charge in [-0.2, -0.15) is 5.10 Å². The summed E-state index contributed by atoms with van der Waals surface area (Å²) in [5, 5.41) is 5.79. The van der Waals surface area contributed by atoms with E-state index in [1.807, 2.05) is 30.3 Å². The van der Waals surface area contributed by atoms with Crippen molar-refractivity contribution in [3.63, 3.8) is 0 Å². The van der Waals surface area contributed by atoms with Gasteiger partial charge in [-0.25, -0.2) is 4.68 Å². The van der Waals surface area contributed by atoms with Crippen LogP contribution in [-0.2, 0) is 6.54 Å². The fourth-order valence-electron chi connectivity index (χ4n) is 2.14. The van der Waals surface area contributed by atoms with Gasteiger partial charge in [0.15, 0.2) is 0 Å². The van der Waals surface area contributed by atoms with E-state index in [1.54, 1.807) is 18.5 Å². The molecule has 3 rings (SSSR count). The molecule has 3 aromatic rings. The molecule has 0 saturated heterocycles. The SMILES string of the molecule is C#CCn1nc(-c2cccnc2)c2ccccc2c1=O. The van der Waals surface area contributed by atoms with Crippen molar-refractivity contribution in [2.24, 2.45) is 0 Å². The number of terminal acetylenes is 1. The number of rotatable bonds is 2. The Morgan fingerprint density at radius 3 is 2.65 bits per heavy atom. The van der Waals surface area contributed by atoms with Crippen molar-refractivity contribution < 1.29 is 0 Å². The van der Waals surface area contributed by atoms with Gasteiger partial charge >= 0.3 is 0 Å². The second kappa shape index (κ2) is 4.98. The van der Waals surface area contributed by atoms with Crippen molar-refractivity contribution >= 4 is 10.8 Å². The van der Waals surface area contributed by atoms with E-state index in [-0.39, 0.29) is 12.1 Å². The first-order valence-electron chi connectivity index (χ1n) is 6.15. The molecule has 4 nitrogen and oxygen atoms in total. The van der Waals surface area contributed by atoms with E-state index in [9.17, 15) is 4.79 Å².